The second-order valence-corrected chi connectivity index (χ2v) is 3.91. The molecule has 0 amide bonds. The van der Waals surface area contributed by atoms with Crippen LogP contribution in [0.5, 0.6) is 17.2 Å². The minimum Gasteiger partial charge on any atom is -0.495 e. The van der Waals surface area contributed by atoms with Crippen LogP contribution in [0.1, 0.15) is 12.0 Å². The van der Waals surface area contributed by atoms with E-state index in [0.29, 0.717) is 27.8 Å². The SMILES string of the molecule is COc1cc(Cl)c(OC)c(CCC(=O)O)c1OC. The molecule has 0 saturated carbocycles. The molecule has 100 valence electrons. The Hall–Kier alpha value is -1.62. The fourth-order valence-electron chi connectivity index (χ4n) is 1.70. The minimum atomic E-state index is -0.905. The molecule has 0 atom stereocenters. The lowest BCUT2D eigenvalue weighted by Crippen LogP contribution is -2.04. The Kier molecular flexibility index (Phi) is 5.09. The van der Waals surface area contributed by atoms with Crippen LogP contribution < -0.4 is 14.2 Å². The Morgan fingerprint density at radius 3 is 2.28 bits per heavy atom. The predicted octanol–water partition coefficient (Wildman–Crippen LogP) is 2.38. The third-order valence-corrected chi connectivity index (χ3v) is 2.74. The van der Waals surface area contributed by atoms with E-state index in [-0.39, 0.29) is 12.8 Å². The van der Waals surface area contributed by atoms with Crippen LogP contribution in [0.4, 0.5) is 0 Å². The van der Waals surface area contributed by atoms with Crippen molar-refractivity contribution < 1.29 is 24.1 Å². The van der Waals surface area contributed by atoms with E-state index in [0.717, 1.165) is 0 Å². The maximum absolute atomic E-state index is 10.7. The molecule has 0 bridgehead atoms. The number of hydrogen-bond acceptors (Lipinski definition) is 4. The molecular formula is C12H15ClO5. The van der Waals surface area contributed by atoms with Gasteiger partial charge in [0.1, 0.15) is 5.75 Å². The molecule has 0 spiro atoms. The van der Waals surface area contributed by atoms with Crippen LogP contribution in [-0.4, -0.2) is 32.4 Å². The van der Waals surface area contributed by atoms with Crippen LogP contribution in [0.3, 0.4) is 0 Å². The number of carbonyl (C=O) groups is 1. The first-order valence-corrected chi connectivity index (χ1v) is 5.62. The summed E-state index contributed by atoms with van der Waals surface area (Å²) in [5.41, 5.74) is 0.590. The first kappa shape index (κ1) is 14.4. The molecule has 6 heteroatoms. The Morgan fingerprint density at radius 2 is 1.83 bits per heavy atom. The van der Waals surface area contributed by atoms with E-state index < -0.39 is 5.97 Å². The number of methoxy groups -OCH3 is 3. The van der Waals surface area contributed by atoms with Crippen LogP contribution in [0.25, 0.3) is 0 Å². The van der Waals surface area contributed by atoms with Gasteiger partial charge in [0.25, 0.3) is 0 Å². The van der Waals surface area contributed by atoms with Gasteiger partial charge in [-0.2, -0.15) is 0 Å². The Bertz CT molecular complexity index is 445. The standard InChI is InChI=1S/C12H15ClO5/c1-16-9-6-8(13)11(17-2)7(12(9)18-3)4-5-10(14)15/h6H,4-5H2,1-3H3,(H,14,15). The molecule has 1 N–H and O–H groups in total. The van der Waals surface area contributed by atoms with Crippen molar-refractivity contribution in [3.05, 3.63) is 16.7 Å². The number of halogens is 1. The van der Waals surface area contributed by atoms with Crippen LogP contribution in [0.15, 0.2) is 6.07 Å². The van der Waals surface area contributed by atoms with Crippen molar-refractivity contribution in [3.8, 4) is 17.2 Å². The summed E-state index contributed by atoms with van der Waals surface area (Å²) in [7, 11) is 4.44. The molecule has 5 nitrogen and oxygen atoms in total. The molecule has 0 aliphatic carbocycles. The van der Waals surface area contributed by atoms with E-state index in [4.69, 9.17) is 30.9 Å². The monoisotopic (exact) mass is 274 g/mol. The Morgan fingerprint density at radius 1 is 1.22 bits per heavy atom. The molecule has 0 unspecified atom stereocenters. The van der Waals surface area contributed by atoms with Gasteiger partial charge in [-0.3, -0.25) is 4.79 Å². The highest BCUT2D eigenvalue weighted by Crippen LogP contribution is 2.43. The minimum absolute atomic E-state index is 0.0454. The zero-order chi connectivity index (χ0) is 13.7. The Labute approximate surface area is 110 Å². The zero-order valence-electron chi connectivity index (χ0n) is 10.4. The van der Waals surface area contributed by atoms with Crippen molar-refractivity contribution in [2.24, 2.45) is 0 Å². The molecule has 0 aliphatic rings. The molecular weight excluding hydrogens is 260 g/mol. The van der Waals surface area contributed by atoms with Gasteiger partial charge in [0, 0.05) is 18.1 Å². The number of hydrogen-bond donors (Lipinski definition) is 1. The number of benzene rings is 1. The lowest BCUT2D eigenvalue weighted by atomic mass is 10.1. The largest absolute Gasteiger partial charge is 0.495 e. The van der Waals surface area contributed by atoms with Crippen LogP contribution >= 0.6 is 11.6 Å². The van der Waals surface area contributed by atoms with Crippen molar-refractivity contribution in [2.75, 3.05) is 21.3 Å². The fourth-order valence-corrected chi connectivity index (χ4v) is 1.99. The Balaban J connectivity index is 3.30. The maximum Gasteiger partial charge on any atom is 0.303 e. The van der Waals surface area contributed by atoms with Gasteiger partial charge in [-0.05, 0) is 6.42 Å². The maximum atomic E-state index is 10.7. The van der Waals surface area contributed by atoms with Crippen LogP contribution in [0, 0.1) is 0 Å². The fraction of sp³-hybridized carbons (Fsp3) is 0.417. The third-order valence-electron chi connectivity index (χ3n) is 2.46. The highest BCUT2D eigenvalue weighted by molar-refractivity contribution is 6.32. The molecule has 1 aromatic rings. The molecule has 1 aromatic carbocycles. The lowest BCUT2D eigenvalue weighted by molar-refractivity contribution is -0.136. The van der Waals surface area contributed by atoms with E-state index in [1.54, 1.807) is 6.07 Å². The smallest absolute Gasteiger partial charge is 0.303 e. The van der Waals surface area contributed by atoms with Gasteiger partial charge in [-0.1, -0.05) is 11.6 Å². The molecule has 0 radical (unpaired) electrons. The summed E-state index contributed by atoms with van der Waals surface area (Å²) in [5, 5.41) is 9.11. The van der Waals surface area contributed by atoms with E-state index in [9.17, 15) is 4.79 Å². The van der Waals surface area contributed by atoms with E-state index in [2.05, 4.69) is 0 Å². The van der Waals surface area contributed by atoms with E-state index in [1.807, 2.05) is 0 Å². The number of rotatable bonds is 6. The highest BCUT2D eigenvalue weighted by atomic mass is 35.5. The summed E-state index contributed by atoms with van der Waals surface area (Å²) < 4.78 is 15.6. The van der Waals surface area contributed by atoms with Gasteiger partial charge in [0.2, 0.25) is 0 Å². The number of aliphatic carboxylic acids is 1. The predicted molar refractivity (Wildman–Crippen MR) is 67.1 cm³/mol. The van der Waals surface area contributed by atoms with Crippen molar-refractivity contribution in [1.29, 1.82) is 0 Å². The lowest BCUT2D eigenvalue weighted by Gasteiger charge is -2.17. The van der Waals surface area contributed by atoms with Gasteiger partial charge in [0.05, 0.1) is 26.4 Å². The third kappa shape index (κ3) is 2.98. The second kappa shape index (κ2) is 6.35. The van der Waals surface area contributed by atoms with Crippen LogP contribution in [0.2, 0.25) is 5.02 Å². The summed E-state index contributed by atoms with van der Waals surface area (Å²) in [6, 6.07) is 1.57. The molecule has 1 rings (SSSR count). The summed E-state index contributed by atoms with van der Waals surface area (Å²) in [6.45, 7) is 0. The van der Waals surface area contributed by atoms with Gasteiger partial charge in [-0.15, -0.1) is 0 Å². The van der Waals surface area contributed by atoms with Crippen molar-refractivity contribution in [1.82, 2.24) is 0 Å². The quantitative estimate of drug-likeness (QED) is 0.863. The molecule has 0 aromatic heterocycles. The van der Waals surface area contributed by atoms with Crippen molar-refractivity contribution in [3.63, 3.8) is 0 Å². The summed E-state index contributed by atoms with van der Waals surface area (Å²) in [6.07, 6.45) is 0.203. The van der Waals surface area contributed by atoms with Gasteiger partial charge < -0.3 is 19.3 Å². The molecule has 0 heterocycles. The van der Waals surface area contributed by atoms with E-state index in [1.165, 1.54) is 21.3 Å². The van der Waals surface area contributed by atoms with E-state index >= 15 is 0 Å². The molecule has 0 fully saturated rings. The van der Waals surface area contributed by atoms with Gasteiger partial charge >= 0.3 is 5.97 Å². The first-order chi connectivity index (χ1) is 8.54. The number of carboxylic acid groups (broad SMARTS) is 1. The average Bonchev–Trinajstić information content (AvgIpc) is 2.35. The number of carboxylic acids is 1. The normalized spacial score (nSPS) is 10.0. The van der Waals surface area contributed by atoms with Crippen molar-refractivity contribution >= 4 is 17.6 Å². The second-order valence-electron chi connectivity index (χ2n) is 3.50. The highest BCUT2D eigenvalue weighted by Gasteiger charge is 2.20. The van der Waals surface area contributed by atoms with Gasteiger partial charge in [-0.25, -0.2) is 0 Å². The summed E-state index contributed by atoms with van der Waals surface area (Å²) in [5.74, 6) is 0.400. The zero-order valence-corrected chi connectivity index (χ0v) is 11.2. The average molecular weight is 275 g/mol. The number of ether oxygens (including phenoxy) is 3. The summed E-state index contributed by atoms with van der Waals surface area (Å²) in [4.78, 5) is 10.7. The molecule has 18 heavy (non-hydrogen) atoms. The molecule has 0 saturated heterocycles. The molecule has 0 aliphatic heterocycles. The van der Waals surface area contributed by atoms with Crippen molar-refractivity contribution in [2.45, 2.75) is 12.8 Å². The first-order valence-electron chi connectivity index (χ1n) is 5.24. The summed E-state index contributed by atoms with van der Waals surface area (Å²) >= 11 is 6.05. The topological polar surface area (TPSA) is 65.0 Å². The van der Waals surface area contributed by atoms with Crippen LogP contribution in [-0.2, 0) is 11.2 Å². The van der Waals surface area contributed by atoms with Gasteiger partial charge in [0.15, 0.2) is 11.5 Å².